The van der Waals surface area contributed by atoms with Crippen LogP contribution in [0.2, 0.25) is 0 Å². The summed E-state index contributed by atoms with van der Waals surface area (Å²) >= 11 is 0. The normalized spacial score (nSPS) is 12.4. The summed E-state index contributed by atoms with van der Waals surface area (Å²) in [4.78, 5) is -0.00361. The molecule has 0 fully saturated rings. The van der Waals surface area contributed by atoms with Gasteiger partial charge in [-0.05, 0) is 30.5 Å². The Labute approximate surface area is 114 Å². The highest BCUT2D eigenvalue weighted by molar-refractivity contribution is 7.89. The van der Waals surface area contributed by atoms with Crippen LogP contribution in [0.3, 0.4) is 0 Å². The van der Waals surface area contributed by atoms with Gasteiger partial charge < -0.3 is 5.73 Å². The van der Waals surface area contributed by atoms with E-state index in [1.54, 1.807) is 0 Å². The monoisotopic (exact) mass is 288 g/mol. The van der Waals surface area contributed by atoms with Crippen molar-refractivity contribution < 1.29 is 12.8 Å². The zero-order valence-electron chi connectivity index (χ0n) is 11.8. The fourth-order valence-electron chi connectivity index (χ4n) is 1.87. The summed E-state index contributed by atoms with van der Waals surface area (Å²) in [6.07, 6.45) is 0. The van der Waals surface area contributed by atoms with Gasteiger partial charge in [-0.3, -0.25) is 0 Å². The van der Waals surface area contributed by atoms with E-state index in [9.17, 15) is 12.8 Å². The second kappa shape index (κ2) is 5.98. The van der Waals surface area contributed by atoms with E-state index in [0.717, 1.165) is 0 Å². The molecule has 0 amide bonds. The molecule has 0 saturated carbocycles. The first-order valence-corrected chi connectivity index (χ1v) is 7.59. The molecule has 0 bridgehead atoms. The lowest BCUT2D eigenvalue weighted by Gasteiger charge is -2.21. The summed E-state index contributed by atoms with van der Waals surface area (Å²) in [6.45, 7) is 5.81. The van der Waals surface area contributed by atoms with E-state index < -0.39 is 15.8 Å². The average molecular weight is 288 g/mol. The number of nitrogens with two attached hydrogens (primary N) is 1. The van der Waals surface area contributed by atoms with Crippen molar-refractivity contribution in [2.45, 2.75) is 32.2 Å². The van der Waals surface area contributed by atoms with Gasteiger partial charge in [0.1, 0.15) is 5.82 Å². The van der Waals surface area contributed by atoms with Crippen LogP contribution >= 0.6 is 0 Å². The summed E-state index contributed by atoms with van der Waals surface area (Å²) in [5.41, 5.74) is 6.07. The number of rotatable bonds is 5. The number of hydrogen-bond acceptors (Lipinski definition) is 3. The van der Waals surface area contributed by atoms with Crippen molar-refractivity contribution >= 4 is 10.0 Å². The Morgan fingerprint density at radius 3 is 2.42 bits per heavy atom. The number of benzene rings is 1. The third-order valence-electron chi connectivity index (χ3n) is 2.90. The summed E-state index contributed by atoms with van der Waals surface area (Å²) in [7, 11) is -2.18. The van der Waals surface area contributed by atoms with E-state index in [1.807, 2.05) is 13.8 Å². The Bertz CT molecular complexity index is 556. The van der Waals surface area contributed by atoms with Gasteiger partial charge in [-0.25, -0.2) is 17.1 Å². The molecule has 0 aliphatic rings. The Morgan fingerprint density at radius 1 is 1.37 bits per heavy atom. The van der Waals surface area contributed by atoms with Crippen molar-refractivity contribution in [2.75, 3.05) is 13.6 Å². The van der Waals surface area contributed by atoms with Gasteiger partial charge in [0.25, 0.3) is 0 Å². The summed E-state index contributed by atoms with van der Waals surface area (Å²) in [5, 5.41) is 0. The minimum Gasteiger partial charge on any atom is -0.326 e. The standard InChI is InChI=1S/C13H21FN2O2S/c1-9(2)8-16(4)19(17,18)13-6-11(7-15)5-12(14)10(13)3/h5-6,9H,7-8,15H2,1-4H3. The molecule has 0 aliphatic carbocycles. The summed E-state index contributed by atoms with van der Waals surface area (Å²) in [5.74, 6) is -0.345. The van der Waals surface area contributed by atoms with Crippen LogP contribution in [0.15, 0.2) is 17.0 Å². The van der Waals surface area contributed by atoms with Gasteiger partial charge in [0.2, 0.25) is 10.0 Å². The maximum Gasteiger partial charge on any atom is 0.243 e. The molecule has 108 valence electrons. The Morgan fingerprint density at radius 2 is 1.95 bits per heavy atom. The lowest BCUT2D eigenvalue weighted by molar-refractivity contribution is 0.416. The van der Waals surface area contributed by atoms with E-state index in [4.69, 9.17) is 5.73 Å². The largest absolute Gasteiger partial charge is 0.326 e. The zero-order chi connectivity index (χ0) is 14.8. The maximum absolute atomic E-state index is 13.7. The van der Waals surface area contributed by atoms with Crippen molar-refractivity contribution in [1.82, 2.24) is 4.31 Å². The van der Waals surface area contributed by atoms with Crippen molar-refractivity contribution in [3.05, 3.63) is 29.1 Å². The fourth-order valence-corrected chi connectivity index (χ4v) is 3.49. The average Bonchev–Trinajstić information content (AvgIpc) is 2.31. The number of hydrogen-bond donors (Lipinski definition) is 1. The topological polar surface area (TPSA) is 63.4 Å². The van der Waals surface area contributed by atoms with Gasteiger partial charge in [-0.2, -0.15) is 0 Å². The first-order valence-electron chi connectivity index (χ1n) is 6.15. The molecule has 0 unspecified atom stereocenters. The lowest BCUT2D eigenvalue weighted by atomic mass is 10.1. The van der Waals surface area contributed by atoms with Gasteiger partial charge in [0.05, 0.1) is 4.90 Å². The Hall–Kier alpha value is -0.980. The van der Waals surface area contributed by atoms with Crippen LogP contribution in [0.4, 0.5) is 4.39 Å². The molecule has 1 aromatic rings. The Kier molecular flexibility index (Phi) is 5.06. The molecule has 0 aromatic heterocycles. The first-order chi connectivity index (χ1) is 8.70. The predicted octanol–water partition coefficient (Wildman–Crippen LogP) is 1.87. The molecule has 0 spiro atoms. The number of nitrogens with zero attached hydrogens (tertiary/aromatic N) is 1. The molecule has 0 aliphatic heterocycles. The molecule has 0 atom stereocenters. The van der Waals surface area contributed by atoms with Crippen molar-refractivity contribution in [1.29, 1.82) is 0 Å². The molecular formula is C13H21FN2O2S. The van der Waals surface area contributed by atoms with Gasteiger partial charge in [-0.15, -0.1) is 0 Å². The van der Waals surface area contributed by atoms with Crippen LogP contribution in [0.1, 0.15) is 25.0 Å². The highest BCUT2D eigenvalue weighted by atomic mass is 32.2. The molecule has 0 heterocycles. The second-order valence-electron chi connectivity index (χ2n) is 5.08. The predicted molar refractivity (Wildman–Crippen MR) is 73.7 cm³/mol. The molecular weight excluding hydrogens is 267 g/mol. The number of sulfonamides is 1. The third-order valence-corrected chi connectivity index (χ3v) is 4.85. The number of halogens is 1. The van der Waals surface area contributed by atoms with Crippen molar-refractivity contribution in [2.24, 2.45) is 11.7 Å². The SMILES string of the molecule is Cc1c(F)cc(CN)cc1S(=O)(=O)N(C)CC(C)C. The fraction of sp³-hybridized carbons (Fsp3) is 0.538. The molecule has 2 N–H and O–H groups in total. The zero-order valence-corrected chi connectivity index (χ0v) is 12.6. The van der Waals surface area contributed by atoms with Crippen LogP contribution in [0.25, 0.3) is 0 Å². The van der Waals surface area contributed by atoms with E-state index in [2.05, 4.69) is 0 Å². The molecule has 6 heteroatoms. The van der Waals surface area contributed by atoms with Gasteiger partial charge in [0, 0.05) is 25.7 Å². The minimum absolute atomic E-state index is 0.00361. The molecule has 1 rings (SSSR count). The summed E-state index contributed by atoms with van der Waals surface area (Å²) < 4.78 is 39.8. The second-order valence-corrected chi connectivity index (χ2v) is 7.10. The first kappa shape index (κ1) is 16.1. The molecule has 4 nitrogen and oxygen atoms in total. The quantitative estimate of drug-likeness (QED) is 0.899. The maximum atomic E-state index is 13.7. The molecule has 0 radical (unpaired) electrons. The van der Waals surface area contributed by atoms with Crippen LogP contribution in [-0.2, 0) is 16.6 Å². The van der Waals surface area contributed by atoms with E-state index in [1.165, 1.54) is 30.4 Å². The molecule has 19 heavy (non-hydrogen) atoms. The van der Waals surface area contributed by atoms with Crippen LogP contribution in [0.5, 0.6) is 0 Å². The smallest absolute Gasteiger partial charge is 0.243 e. The van der Waals surface area contributed by atoms with Crippen molar-refractivity contribution in [3.8, 4) is 0 Å². The van der Waals surface area contributed by atoms with Gasteiger partial charge in [0.15, 0.2) is 0 Å². The van der Waals surface area contributed by atoms with Crippen molar-refractivity contribution in [3.63, 3.8) is 0 Å². The van der Waals surface area contributed by atoms with E-state index in [-0.39, 0.29) is 22.9 Å². The highest BCUT2D eigenvalue weighted by Crippen LogP contribution is 2.23. The van der Waals surface area contributed by atoms with Gasteiger partial charge in [-0.1, -0.05) is 13.8 Å². The highest BCUT2D eigenvalue weighted by Gasteiger charge is 2.25. The van der Waals surface area contributed by atoms with E-state index in [0.29, 0.717) is 12.1 Å². The van der Waals surface area contributed by atoms with Crippen LogP contribution in [0, 0.1) is 18.7 Å². The minimum atomic E-state index is -3.68. The third kappa shape index (κ3) is 3.52. The Balaban J connectivity index is 3.32. The molecule has 1 aromatic carbocycles. The molecule has 0 saturated heterocycles. The summed E-state index contributed by atoms with van der Waals surface area (Å²) in [6, 6.07) is 2.72. The van der Waals surface area contributed by atoms with Crippen LogP contribution < -0.4 is 5.73 Å². The van der Waals surface area contributed by atoms with Gasteiger partial charge >= 0.3 is 0 Å². The van der Waals surface area contributed by atoms with E-state index >= 15 is 0 Å². The lowest BCUT2D eigenvalue weighted by Crippen LogP contribution is -2.31. The van der Waals surface area contributed by atoms with Crippen LogP contribution in [-0.4, -0.2) is 26.3 Å².